The van der Waals surface area contributed by atoms with Gasteiger partial charge >= 0.3 is 0 Å². The molecule has 1 aliphatic rings. The van der Waals surface area contributed by atoms with E-state index in [1.54, 1.807) is 0 Å². The lowest BCUT2D eigenvalue weighted by Gasteiger charge is -2.10. The zero-order valence-corrected chi connectivity index (χ0v) is 12.1. The number of anilines is 1. The van der Waals surface area contributed by atoms with Crippen LogP contribution in [-0.4, -0.2) is 16.3 Å². The van der Waals surface area contributed by atoms with Gasteiger partial charge in [-0.25, -0.2) is 4.68 Å². The van der Waals surface area contributed by atoms with Crippen molar-refractivity contribution in [1.29, 1.82) is 0 Å². The van der Waals surface area contributed by atoms with Crippen molar-refractivity contribution in [3.63, 3.8) is 0 Å². The van der Waals surface area contributed by atoms with Crippen molar-refractivity contribution < 1.29 is 0 Å². The van der Waals surface area contributed by atoms with Crippen molar-refractivity contribution in [3.05, 3.63) is 40.0 Å². The summed E-state index contributed by atoms with van der Waals surface area (Å²) in [7, 11) is 0. The lowest BCUT2D eigenvalue weighted by molar-refractivity contribution is 0.793. The molecule has 19 heavy (non-hydrogen) atoms. The Morgan fingerprint density at radius 3 is 3.05 bits per heavy atom. The van der Waals surface area contributed by atoms with E-state index in [2.05, 4.69) is 18.3 Å². The van der Waals surface area contributed by atoms with Gasteiger partial charge in [-0.05, 0) is 37.5 Å². The van der Waals surface area contributed by atoms with Gasteiger partial charge in [0.2, 0.25) is 0 Å². The van der Waals surface area contributed by atoms with E-state index in [1.165, 1.54) is 11.3 Å². The first kappa shape index (κ1) is 12.5. The Hall–Kier alpha value is -1.48. The molecule has 1 aromatic heterocycles. The number of aryl methyl sites for hydroxylation is 1. The second-order valence-electron chi connectivity index (χ2n) is 5.00. The minimum absolute atomic E-state index is 0.789. The van der Waals surface area contributed by atoms with Gasteiger partial charge in [-0.15, -0.1) is 0 Å². The van der Waals surface area contributed by atoms with Crippen molar-refractivity contribution in [3.8, 4) is 5.69 Å². The molecule has 3 rings (SSSR count). The number of nitrogens with one attached hydrogen (secondary N) is 1. The van der Waals surface area contributed by atoms with Crippen LogP contribution >= 0.6 is 11.6 Å². The molecule has 0 atom stereocenters. The molecule has 100 valence electrons. The molecule has 1 N–H and O–H groups in total. The number of halogens is 1. The maximum atomic E-state index is 6.22. The number of benzene rings is 1. The topological polar surface area (TPSA) is 29.9 Å². The molecule has 0 fully saturated rings. The van der Waals surface area contributed by atoms with Gasteiger partial charge in [-0.3, -0.25) is 0 Å². The summed E-state index contributed by atoms with van der Waals surface area (Å²) >= 11 is 6.22. The van der Waals surface area contributed by atoms with E-state index < -0.39 is 0 Å². The van der Waals surface area contributed by atoms with Gasteiger partial charge in [0.25, 0.3) is 0 Å². The number of hydrogen-bond donors (Lipinski definition) is 1. The maximum Gasteiger partial charge on any atom is 0.133 e. The average molecular weight is 276 g/mol. The molecule has 0 saturated heterocycles. The van der Waals surface area contributed by atoms with Gasteiger partial charge in [-0.1, -0.05) is 31.0 Å². The molecule has 0 radical (unpaired) electrons. The number of nitrogens with zero attached hydrogens (tertiary/aromatic N) is 2. The molecule has 1 aliphatic heterocycles. The van der Waals surface area contributed by atoms with E-state index in [0.717, 1.165) is 47.9 Å². The van der Waals surface area contributed by atoms with Crippen LogP contribution in [-0.2, 0) is 12.8 Å². The van der Waals surface area contributed by atoms with E-state index in [0.29, 0.717) is 0 Å². The van der Waals surface area contributed by atoms with Crippen molar-refractivity contribution in [1.82, 2.24) is 9.78 Å². The molecule has 0 bridgehead atoms. The predicted molar refractivity (Wildman–Crippen MR) is 79.5 cm³/mol. The molecule has 2 heterocycles. The number of rotatable bonds is 3. The van der Waals surface area contributed by atoms with Crippen LogP contribution in [0.2, 0.25) is 5.02 Å². The molecular weight excluding hydrogens is 258 g/mol. The molecule has 0 saturated carbocycles. The molecule has 4 heteroatoms. The smallest absolute Gasteiger partial charge is 0.133 e. The van der Waals surface area contributed by atoms with Gasteiger partial charge in [-0.2, -0.15) is 5.10 Å². The zero-order valence-electron chi connectivity index (χ0n) is 11.3. The van der Waals surface area contributed by atoms with Crippen LogP contribution < -0.4 is 5.32 Å². The first-order chi connectivity index (χ1) is 9.22. The summed E-state index contributed by atoms with van der Waals surface area (Å²) in [6, 6.07) is 5.97. The summed E-state index contributed by atoms with van der Waals surface area (Å²) in [6.07, 6.45) is 3.24. The highest BCUT2D eigenvalue weighted by molar-refractivity contribution is 6.31. The minimum atomic E-state index is 0.789. The Labute approximate surface area is 118 Å². The highest BCUT2D eigenvalue weighted by Crippen LogP contribution is 2.31. The van der Waals surface area contributed by atoms with Crippen molar-refractivity contribution >= 4 is 17.4 Å². The van der Waals surface area contributed by atoms with Crippen LogP contribution in [0.1, 0.15) is 30.2 Å². The third-order valence-corrected chi connectivity index (χ3v) is 4.10. The summed E-state index contributed by atoms with van der Waals surface area (Å²) in [5.74, 6) is 1.15. The molecule has 1 aromatic carbocycles. The van der Waals surface area contributed by atoms with E-state index in [-0.39, 0.29) is 0 Å². The van der Waals surface area contributed by atoms with Gasteiger partial charge < -0.3 is 5.32 Å². The first-order valence-corrected chi connectivity index (χ1v) is 7.20. The summed E-state index contributed by atoms with van der Waals surface area (Å²) in [5, 5.41) is 9.03. The van der Waals surface area contributed by atoms with E-state index in [9.17, 15) is 0 Å². The quantitative estimate of drug-likeness (QED) is 0.924. The van der Waals surface area contributed by atoms with Gasteiger partial charge in [0.15, 0.2) is 0 Å². The monoisotopic (exact) mass is 275 g/mol. The molecule has 0 spiro atoms. The van der Waals surface area contributed by atoms with Crippen LogP contribution in [0.5, 0.6) is 0 Å². The Morgan fingerprint density at radius 1 is 1.42 bits per heavy atom. The molecule has 0 unspecified atom stereocenters. The predicted octanol–water partition coefficient (Wildman–Crippen LogP) is 3.75. The first-order valence-electron chi connectivity index (χ1n) is 6.82. The minimum Gasteiger partial charge on any atom is -0.369 e. The molecular formula is C15H18ClN3. The second kappa shape index (κ2) is 4.89. The lowest BCUT2D eigenvalue weighted by atomic mass is 10.1. The zero-order chi connectivity index (χ0) is 13.4. The average Bonchev–Trinajstić information content (AvgIpc) is 2.97. The molecule has 0 amide bonds. The Morgan fingerprint density at radius 2 is 2.26 bits per heavy atom. The van der Waals surface area contributed by atoms with Crippen LogP contribution in [0, 0.1) is 6.92 Å². The summed E-state index contributed by atoms with van der Waals surface area (Å²) in [6.45, 7) is 5.24. The van der Waals surface area contributed by atoms with Crippen molar-refractivity contribution in [2.75, 3.05) is 11.9 Å². The van der Waals surface area contributed by atoms with E-state index in [1.807, 2.05) is 23.7 Å². The number of hydrogen-bond acceptors (Lipinski definition) is 2. The van der Waals surface area contributed by atoms with Gasteiger partial charge in [0, 0.05) is 17.1 Å². The normalized spacial score (nSPS) is 13.4. The fourth-order valence-electron chi connectivity index (χ4n) is 2.68. The Bertz CT molecular complexity index is 616. The Balaban J connectivity index is 2.15. The van der Waals surface area contributed by atoms with Crippen molar-refractivity contribution in [2.24, 2.45) is 0 Å². The molecule has 3 nitrogen and oxygen atoms in total. The van der Waals surface area contributed by atoms with Gasteiger partial charge in [0.05, 0.1) is 11.4 Å². The van der Waals surface area contributed by atoms with Crippen LogP contribution in [0.4, 0.5) is 5.82 Å². The third-order valence-electron chi connectivity index (χ3n) is 3.69. The second-order valence-corrected chi connectivity index (χ2v) is 5.40. The van der Waals surface area contributed by atoms with Crippen LogP contribution in [0.25, 0.3) is 5.69 Å². The number of fused-ring (bicyclic) bond motifs is 1. The summed E-state index contributed by atoms with van der Waals surface area (Å²) in [4.78, 5) is 0. The summed E-state index contributed by atoms with van der Waals surface area (Å²) in [5.41, 5.74) is 4.75. The van der Waals surface area contributed by atoms with Crippen LogP contribution in [0.3, 0.4) is 0 Å². The standard InChI is InChI=1S/C15H18ClN3/c1-3-5-13-11-8-9-17-15(11)19(18-13)14-7-4-6-12(16)10(14)2/h4,6-7,17H,3,5,8-9H2,1-2H3. The fourth-order valence-corrected chi connectivity index (χ4v) is 2.85. The van der Waals surface area contributed by atoms with Crippen molar-refractivity contribution in [2.45, 2.75) is 33.1 Å². The largest absolute Gasteiger partial charge is 0.369 e. The summed E-state index contributed by atoms with van der Waals surface area (Å²) < 4.78 is 2.02. The Kier molecular flexibility index (Phi) is 3.23. The SMILES string of the molecule is CCCc1nn(-c2cccc(Cl)c2C)c2c1CCN2. The van der Waals surface area contributed by atoms with Crippen LogP contribution in [0.15, 0.2) is 18.2 Å². The molecule has 2 aromatic rings. The third kappa shape index (κ3) is 2.02. The van der Waals surface area contributed by atoms with E-state index >= 15 is 0 Å². The number of aromatic nitrogens is 2. The maximum absolute atomic E-state index is 6.22. The highest BCUT2D eigenvalue weighted by atomic mass is 35.5. The lowest BCUT2D eigenvalue weighted by Crippen LogP contribution is -2.06. The van der Waals surface area contributed by atoms with E-state index in [4.69, 9.17) is 16.7 Å². The fraction of sp³-hybridized carbons (Fsp3) is 0.400. The molecule has 0 aliphatic carbocycles. The highest BCUT2D eigenvalue weighted by Gasteiger charge is 2.23. The van der Waals surface area contributed by atoms with Gasteiger partial charge in [0.1, 0.15) is 5.82 Å².